The van der Waals surface area contributed by atoms with Crippen LogP contribution < -0.4 is 62.4 Å². The van der Waals surface area contributed by atoms with Gasteiger partial charge in [-0.15, -0.1) is 0 Å². The smallest absolute Gasteiger partial charge is 0.297 e. The van der Waals surface area contributed by atoms with Crippen molar-refractivity contribution in [1.29, 1.82) is 0 Å². The third-order valence-corrected chi connectivity index (χ3v) is 23.7. The Kier molecular flexibility index (Phi) is 16.1. The molecule has 0 amide bonds. The molecule has 10 heteroatoms. The maximum Gasteiger partial charge on any atom is 0.297 e. The van der Waals surface area contributed by atoms with Crippen molar-refractivity contribution in [3.05, 3.63) is 325 Å². The average molecular weight is 1460 g/mol. The maximum atomic E-state index is 7.91. The quantitative estimate of drug-likeness (QED) is 0.126. The normalized spacial score (nSPS) is 13.7. The molecular formula is C102H94B2N6O2. The summed E-state index contributed by atoms with van der Waals surface area (Å²) < 4.78 is 15.5. The van der Waals surface area contributed by atoms with Gasteiger partial charge in [-0.3, -0.25) is 4.90 Å². The van der Waals surface area contributed by atoms with Crippen molar-refractivity contribution < 1.29 is 8.83 Å². The van der Waals surface area contributed by atoms with Crippen LogP contribution in [0, 0.1) is 0 Å². The fourth-order valence-electron chi connectivity index (χ4n) is 17.9. The van der Waals surface area contributed by atoms with Gasteiger partial charge < -0.3 is 33.3 Å². The summed E-state index contributed by atoms with van der Waals surface area (Å²) in [6, 6.07) is 112. The van der Waals surface area contributed by atoms with Crippen LogP contribution in [0.2, 0.25) is 0 Å². The van der Waals surface area contributed by atoms with E-state index >= 15 is 0 Å². The molecule has 0 unspecified atom stereocenters. The van der Waals surface area contributed by atoms with E-state index in [-0.39, 0.29) is 33.8 Å². The van der Waals surface area contributed by atoms with Gasteiger partial charge in [-0.05, 0) is 222 Å². The van der Waals surface area contributed by atoms with E-state index in [1.54, 1.807) is 0 Å². The Bertz CT molecular complexity index is 6080. The van der Waals surface area contributed by atoms with Crippen molar-refractivity contribution in [3.8, 4) is 0 Å². The van der Waals surface area contributed by atoms with Crippen molar-refractivity contribution >= 4 is 171 Å². The summed E-state index contributed by atoms with van der Waals surface area (Å²) in [4.78, 5) is 15.1. The Morgan fingerprint density at radius 2 is 0.580 bits per heavy atom. The lowest BCUT2D eigenvalue weighted by Crippen LogP contribution is -2.65. The zero-order valence-corrected chi connectivity index (χ0v) is 66.9. The lowest BCUT2D eigenvalue weighted by Gasteiger charge is -2.46. The molecule has 0 spiro atoms. The highest BCUT2D eigenvalue weighted by atomic mass is 16.4. The van der Waals surface area contributed by atoms with Crippen LogP contribution in [0.3, 0.4) is 0 Å². The minimum atomic E-state index is -0.438. The first-order chi connectivity index (χ1) is 53.7. The summed E-state index contributed by atoms with van der Waals surface area (Å²) in [5.74, 6) is 0.796. The molecule has 0 saturated heterocycles. The van der Waals surface area contributed by atoms with Crippen molar-refractivity contribution in [1.82, 2.24) is 0 Å². The highest BCUT2D eigenvalue weighted by Crippen LogP contribution is 2.55. The largest absolute Gasteiger partial charge is 0.468 e. The van der Waals surface area contributed by atoms with E-state index in [0.29, 0.717) is 0 Å². The van der Waals surface area contributed by atoms with E-state index in [1.165, 1.54) is 33.3 Å². The summed E-state index contributed by atoms with van der Waals surface area (Å²) in [7, 11) is 0. The molecule has 0 atom stereocenters. The minimum Gasteiger partial charge on any atom is -0.468 e. The molecule has 4 aliphatic heterocycles. The van der Waals surface area contributed by atoms with Gasteiger partial charge in [-0.25, -0.2) is 0 Å². The molecule has 0 saturated carbocycles. The van der Waals surface area contributed by atoms with Crippen LogP contribution in [-0.2, 0) is 27.1 Å². The molecule has 0 N–H and O–H groups in total. The zero-order valence-electron chi connectivity index (χ0n) is 66.9. The van der Waals surface area contributed by atoms with Crippen LogP contribution in [0.15, 0.2) is 306 Å². The number of hydrogen-bond donors (Lipinski definition) is 0. The lowest BCUT2D eigenvalue weighted by atomic mass is 9.31. The molecule has 0 bridgehead atoms. The number of para-hydroxylation sites is 5. The third kappa shape index (κ3) is 11.6. The number of fused-ring (bicyclic) bond motifs is 12. The van der Waals surface area contributed by atoms with Gasteiger partial charge in [-0.2, -0.15) is 0 Å². The number of rotatable bonds is 10. The second kappa shape index (κ2) is 25.7. The maximum absolute atomic E-state index is 7.91. The van der Waals surface area contributed by atoms with Crippen LogP contribution in [-0.4, -0.2) is 13.4 Å². The van der Waals surface area contributed by atoms with Gasteiger partial charge in [-0.1, -0.05) is 256 Å². The molecule has 8 nitrogen and oxygen atoms in total. The van der Waals surface area contributed by atoms with Gasteiger partial charge in [0.25, 0.3) is 13.4 Å². The first-order valence-corrected chi connectivity index (χ1v) is 39.8. The number of anilines is 18. The van der Waals surface area contributed by atoms with Gasteiger partial charge in [0.15, 0.2) is 0 Å². The Morgan fingerprint density at radius 1 is 0.250 bits per heavy atom. The third-order valence-electron chi connectivity index (χ3n) is 23.7. The van der Waals surface area contributed by atoms with E-state index in [1.807, 2.05) is 0 Å². The zero-order chi connectivity index (χ0) is 77.2. The summed E-state index contributed by atoms with van der Waals surface area (Å²) >= 11 is 0. The van der Waals surface area contributed by atoms with Crippen LogP contribution in [0.4, 0.5) is 103 Å². The Balaban J connectivity index is 0.982. The van der Waals surface area contributed by atoms with Crippen molar-refractivity contribution in [2.75, 3.05) is 29.4 Å². The molecule has 6 heterocycles. The predicted octanol–water partition coefficient (Wildman–Crippen LogP) is 24.8. The molecule has 15 aromatic rings. The molecule has 0 radical (unpaired) electrons. The van der Waals surface area contributed by atoms with Crippen LogP contribution in [0.1, 0.15) is 132 Å². The van der Waals surface area contributed by atoms with Crippen LogP contribution >= 0.6 is 0 Å². The first-order valence-electron chi connectivity index (χ1n) is 39.8. The second-order valence-electron chi connectivity index (χ2n) is 36.3. The van der Waals surface area contributed by atoms with Crippen molar-refractivity contribution in [3.63, 3.8) is 0 Å². The summed E-state index contributed by atoms with van der Waals surface area (Å²) in [5, 5.41) is 2.14. The topological polar surface area (TPSA) is 45.7 Å². The second-order valence-corrected chi connectivity index (χ2v) is 36.3. The first kappa shape index (κ1) is 70.3. The van der Waals surface area contributed by atoms with E-state index in [2.05, 4.69) is 431 Å². The highest BCUT2D eigenvalue weighted by molar-refractivity contribution is 7.03. The molecule has 0 fully saturated rings. The van der Waals surface area contributed by atoms with Gasteiger partial charge in [0.1, 0.15) is 11.2 Å². The minimum absolute atomic E-state index is 0.0839. The standard InChI is InChI=1S/C102H94B2N6O2/c1-98(2,3)65-40-49-74(50-41-65)107-84-64-85-83(63-82(84)103-92-80-38-28-29-39-90(80)112-97(92)110(77-55-46-68(47-56-77)101(10,11)12)89-62-79(59-86(107)93(89)103)106(72-34-24-18-25-35-72)73-36-26-19-27-37-73)104-94-87(108(85)75-51-42-66(43-52-75)99(4,5)6)60-78(105(70-30-20-16-21-31-70)71-32-22-17-23-33-71)61-88(94)109(76-53-44-67(45-54-76)100(7,8)9)95-81-58-69(102(13,14)15)48-57-91(81)111-96(95)104/h16-64H,1-15H3. The fraction of sp³-hybridized carbons (Fsp3) is 0.196. The molecular weight excluding hydrogens is 1360 g/mol. The number of benzene rings is 13. The van der Waals surface area contributed by atoms with E-state index < -0.39 is 6.71 Å². The van der Waals surface area contributed by atoms with Gasteiger partial charge in [0.05, 0.1) is 22.7 Å². The molecule has 2 aromatic heterocycles. The molecule has 112 heavy (non-hydrogen) atoms. The summed E-state index contributed by atoms with van der Waals surface area (Å²) in [6.07, 6.45) is 0. The van der Waals surface area contributed by atoms with E-state index in [0.717, 1.165) is 152 Å². The van der Waals surface area contributed by atoms with E-state index in [4.69, 9.17) is 8.83 Å². The lowest BCUT2D eigenvalue weighted by molar-refractivity contribution is 0.590. The Hall–Kier alpha value is -12.1. The molecule has 550 valence electrons. The van der Waals surface area contributed by atoms with Crippen LogP contribution in [0.25, 0.3) is 21.9 Å². The van der Waals surface area contributed by atoms with Crippen LogP contribution in [0.5, 0.6) is 0 Å². The van der Waals surface area contributed by atoms with Crippen molar-refractivity contribution in [2.45, 2.75) is 131 Å². The Labute approximate surface area is 661 Å². The van der Waals surface area contributed by atoms with E-state index in [9.17, 15) is 0 Å². The average Bonchev–Trinajstić information content (AvgIpc) is 1.21. The van der Waals surface area contributed by atoms with Gasteiger partial charge >= 0.3 is 0 Å². The molecule has 13 aromatic carbocycles. The number of nitrogens with zero attached hydrogens (tertiary/aromatic N) is 6. The van der Waals surface area contributed by atoms with Gasteiger partial charge in [0, 0.05) is 95.9 Å². The number of hydrogen-bond acceptors (Lipinski definition) is 8. The van der Waals surface area contributed by atoms with Crippen molar-refractivity contribution in [2.24, 2.45) is 0 Å². The number of furan rings is 2. The fourth-order valence-corrected chi connectivity index (χ4v) is 17.9. The Morgan fingerprint density at radius 3 is 0.991 bits per heavy atom. The molecule has 19 rings (SSSR count). The highest BCUT2D eigenvalue weighted by Gasteiger charge is 2.52. The summed E-state index contributed by atoms with van der Waals surface area (Å²) in [6.45, 7) is 33.8. The SMILES string of the molecule is CC(C)(C)c1ccc(N2c3cc4c(cc3B3c5c2cc(N(c2ccccc2)c2ccccc2)cc5N(c2ccc(C(C)(C)C)cc2)c2oc5ccccc5c23)B2c3oc5ccc(C(C)(C)C)cc5c3N(c3ccc(C(C)(C)C)cc3)c3cc(N(c5ccccc5)c5ccccc5)cc(c32)N4c2ccc(C(C)(C)C)cc2)cc1. The molecule has 0 aliphatic carbocycles. The summed E-state index contributed by atoms with van der Waals surface area (Å²) in [5.41, 5.74) is 31.8. The van der Waals surface area contributed by atoms with Gasteiger partial charge in [0.2, 0.25) is 5.88 Å². The molecule has 4 aliphatic rings. The monoisotopic (exact) mass is 1460 g/mol. The predicted molar refractivity (Wildman–Crippen MR) is 477 cm³/mol.